The molecule has 0 atom stereocenters. The van der Waals surface area contributed by atoms with Gasteiger partial charge in [-0.2, -0.15) is 13.2 Å². The summed E-state index contributed by atoms with van der Waals surface area (Å²) in [6.07, 6.45) is -4.13. The maximum Gasteiger partial charge on any atom is 0.482 e. The van der Waals surface area contributed by atoms with Crippen LogP contribution in [0.15, 0.2) is 12.1 Å². The van der Waals surface area contributed by atoms with Crippen LogP contribution in [0, 0.1) is 15.9 Å². The average Bonchev–Trinajstić information content (AvgIpc) is 2.19. The number of amides is 1. The van der Waals surface area contributed by atoms with Gasteiger partial charge in [-0.25, -0.2) is 0 Å². The molecule has 9 heteroatoms. The van der Waals surface area contributed by atoms with Crippen LogP contribution >= 0.6 is 0 Å². The van der Waals surface area contributed by atoms with E-state index in [1.54, 1.807) is 5.32 Å². The van der Waals surface area contributed by atoms with Crippen molar-refractivity contribution in [3.8, 4) is 5.75 Å². The molecule has 17 heavy (non-hydrogen) atoms. The molecule has 6 nitrogen and oxygen atoms in total. The van der Waals surface area contributed by atoms with Gasteiger partial charge in [-0.05, 0) is 0 Å². The van der Waals surface area contributed by atoms with Gasteiger partial charge in [-0.3, -0.25) is 14.9 Å². The van der Waals surface area contributed by atoms with Gasteiger partial charge in [-0.15, -0.1) is 0 Å². The third-order valence-corrected chi connectivity index (χ3v) is 2.00. The van der Waals surface area contributed by atoms with Crippen molar-refractivity contribution in [1.82, 2.24) is 0 Å². The number of benzene rings is 1. The van der Waals surface area contributed by atoms with E-state index in [0.29, 0.717) is 12.1 Å². The molecule has 1 aromatic rings. The predicted octanol–water partition coefficient (Wildman–Crippen LogP) is 1.66. The number of nitrogens with zero attached hydrogens (tertiary/aromatic N) is 1. The Labute approximate surface area is 91.1 Å². The quantitative estimate of drug-likeness (QED) is 0.605. The van der Waals surface area contributed by atoms with Crippen LogP contribution < -0.4 is 10.1 Å². The molecule has 1 heterocycles. The molecule has 0 bridgehead atoms. The number of hydrogen-bond acceptors (Lipinski definition) is 4. The van der Waals surface area contributed by atoms with Gasteiger partial charge in [0.25, 0.3) is 0 Å². The maximum absolute atomic E-state index is 13.1. The second-order valence-electron chi connectivity index (χ2n) is 3.13. The van der Waals surface area contributed by atoms with E-state index in [1.807, 2.05) is 0 Å². The largest absolute Gasteiger partial charge is 0.482 e. The molecule has 0 aliphatic carbocycles. The first-order chi connectivity index (χ1) is 7.81. The molecule has 0 radical (unpaired) electrons. The van der Waals surface area contributed by atoms with Crippen molar-refractivity contribution in [3.05, 3.63) is 28.1 Å². The molecule has 90 valence electrons. The van der Waals surface area contributed by atoms with Crippen LogP contribution in [0.1, 0.15) is 0 Å². The first-order valence-corrected chi connectivity index (χ1v) is 4.17. The van der Waals surface area contributed by atoms with Crippen molar-refractivity contribution in [2.75, 3.05) is 5.32 Å². The summed E-state index contributed by atoms with van der Waals surface area (Å²) in [4.78, 5) is 20.1. The van der Waals surface area contributed by atoms with Crippen molar-refractivity contribution in [2.45, 2.75) is 6.11 Å². The monoisotopic (exact) mass is 248 g/mol. The minimum absolute atomic E-state index is 0.381. The van der Waals surface area contributed by atoms with E-state index >= 15 is 0 Å². The van der Waals surface area contributed by atoms with E-state index in [2.05, 4.69) is 4.74 Å². The fourth-order valence-corrected chi connectivity index (χ4v) is 1.25. The summed E-state index contributed by atoms with van der Waals surface area (Å²) in [5.74, 6) is -3.77. The van der Waals surface area contributed by atoms with E-state index in [-0.39, 0.29) is 5.69 Å². The number of nitro benzene ring substituents is 1. The number of anilines is 1. The standard InChI is InChI=1S/C8H3F3N2O4/c9-3-1-6-4(2-5(3)13(15)16)12-7(14)8(10,11)17-6/h1-2H,(H,12,14). The van der Waals surface area contributed by atoms with E-state index in [9.17, 15) is 28.1 Å². The lowest BCUT2D eigenvalue weighted by atomic mass is 10.2. The molecule has 0 saturated heterocycles. The van der Waals surface area contributed by atoms with Gasteiger partial charge in [0.15, 0.2) is 5.75 Å². The van der Waals surface area contributed by atoms with Crippen LogP contribution in [0.2, 0.25) is 0 Å². The first-order valence-electron chi connectivity index (χ1n) is 4.17. The number of fused-ring (bicyclic) bond motifs is 1. The number of carbonyl (C=O) groups excluding carboxylic acids is 1. The number of nitro groups is 1. The minimum atomic E-state index is -4.13. The molecule has 2 rings (SSSR count). The highest BCUT2D eigenvalue weighted by Gasteiger charge is 2.47. The molecule has 1 aliphatic rings. The molecule has 0 unspecified atom stereocenters. The molecular weight excluding hydrogens is 245 g/mol. The lowest BCUT2D eigenvalue weighted by Gasteiger charge is -2.24. The van der Waals surface area contributed by atoms with E-state index in [0.717, 1.165) is 0 Å². The Balaban J connectivity index is 2.53. The Bertz CT molecular complexity index is 532. The summed E-state index contributed by atoms with van der Waals surface area (Å²) >= 11 is 0. The second-order valence-corrected chi connectivity index (χ2v) is 3.13. The number of alkyl halides is 2. The Hall–Kier alpha value is -2.32. The molecule has 1 aromatic carbocycles. The topological polar surface area (TPSA) is 81.5 Å². The maximum atomic E-state index is 13.1. The molecule has 1 aliphatic heterocycles. The summed E-state index contributed by atoms with van der Waals surface area (Å²) in [5.41, 5.74) is -1.33. The van der Waals surface area contributed by atoms with E-state index < -0.39 is 34.2 Å². The van der Waals surface area contributed by atoms with Crippen LogP contribution in [0.25, 0.3) is 0 Å². The summed E-state index contributed by atoms with van der Waals surface area (Å²) in [6.45, 7) is 0. The van der Waals surface area contributed by atoms with Gasteiger partial charge >= 0.3 is 17.7 Å². The fraction of sp³-hybridized carbons (Fsp3) is 0.125. The van der Waals surface area contributed by atoms with Crippen molar-refractivity contribution in [3.63, 3.8) is 0 Å². The predicted molar refractivity (Wildman–Crippen MR) is 47.3 cm³/mol. The SMILES string of the molecule is O=C1Nc2cc([N+](=O)[O-])c(F)cc2OC1(F)F. The Morgan fingerprint density at radius 3 is 2.65 bits per heavy atom. The molecular formula is C8H3F3N2O4. The average molecular weight is 248 g/mol. The summed E-state index contributed by atoms with van der Waals surface area (Å²) in [7, 11) is 0. The van der Waals surface area contributed by atoms with Gasteiger partial charge in [0.2, 0.25) is 5.82 Å². The van der Waals surface area contributed by atoms with E-state index in [1.165, 1.54) is 0 Å². The Morgan fingerprint density at radius 2 is 2.06 bits per heavy atom. The zero-order chi connectivity index (χ0) is 12.8. The summed E-state index contributed by atoms with van der Waals surface area (Å²) in [6, 6.07) is 1.03. The highest BCUT2D eigenvalue weighted by molar-refractivity contribution is 5.98. The number of nitrogens with one attached hydrogen (secondary N) is 1. The van der Waals surface area contributed by atoms with Crippen LogP contribution in [0.4, 0.5) is 24.5 Å². The van der Waals surface area contributed by atoms with Crippen molar-refractivity contribution in [1.29, 1.82) is 0 Å². The fourth-order valence-electron chi connectivity index (χ4n) is 1.25. The normalized spacial score (nSPS) is 16.8. The Morgan fingerprint density at radius 1 is 1.41 bits per heavy atom. The molecule has 0 saturated carbocycles. The molecule has 1 amide bonds. The lowest BCUT2D eigenvalue weighted by molar-refractivity contribution is -0.387. The molecule has 1 N–H and O–H groups in total. The Kier molecular flexibility index (Phi) is 2.19. The van der Waals surface area contributed by atoms with Crippen molar-refractivity contribution >= 4 is 17.3 Å². The van der Waals surface area contributed by atoms with Gasteiger partial charge in [0.1, 0.15) is 0 Å². The smallest absolute Gasteiger partial charge is 0.423 e. The highest BCUT2D eigenvalue weighted by atomic mass is 19.3. The van der Waals surface area contributed by atoms with Crippen LogP contribution in [-0.2, 0) is 4.79 Å². The first kappa shape index (κ1) is 11.2. The lowest BCUT2D eigenvalue weighted by Crippen LogP contribution is -2.43. The molecule has 0 spiro atoms. The van der Waals surface area contributed by atoms with Crippen LogP contribution in [0.3, 0.4) is 0 Å². The second kappa shape index (κ2) is 3.34. The zero-order valence-corrected chi connectivity index (χ0v) is 7.87. The van der Waals surface area contributed by atoms with Gasteiger partial charge in [0.05, 0.1) is 10.6 Å². The third-order valence-electron chi connectivity index (χ3n) is 2.00. The van der Waals surface area contributed by atoms with Crippen molar-refractivity contribution < 1.29 is 27.6 Å². The summed E-state index contributed by atoms with van der Waals surface area (Å²) < 4.78 is 42.6. The van der Waals surface area contributed by atoms with E-state index in [4.69, 9.17) is 0 Å². The molecule has 0 fully saturated rings. The summed E-state index contributed by atoms with van der Waals surface area (Å²) in [5, 5.41) is 12.1. The number of carbonyl (C=O) groups is 1. The highest BCUT2D eigenvalue weighted by Crippen LogP contribution is 2.38. The number of rotatable bonds is 1. The third kappa shape index (κ3) is 1.75. The number of ether oxygens (including phenoxy) is 1. The number of halogens is 3. The number of hydrogen-bond donors (Lipinski definition) is 1. The van der Waals surface area contributed by atoms with Crippen molar-refractivity contribution in [2.24, 2.45) is 0 Å². The van der Waals surface area contributed by atoms with Crippen LogP contribution in [-0.4, -0.2) is 16.9 Å². The zero-order valence-electron chi connectivity index (χ0n) is 7.87. The van der Waals surface area contributed by atoms with Gasteiger partial charge < -0.3 is 10.1 Å². The van der Waals surface area contributed by atoms with Gasteiger partial charge in [-0.1, -0.05) is 0 Å². The molecule has 0 aromatic heterocycles. The van der Waals surface area contributed by atoms with Gasteiger partial charge in [0, 0.05) is 12.1 Å². The minimum Gasteiger partial charge on any atom is -0.423 e. The van der Waals surface area contributed by atoms with Crippen LogP contribution in [0.5, 0.6) is 5.75 Å².